The van der Waals surface area contributed by atoms with E-state index in [1.54, 1.807) is 24.3 Å². The maximum Gasteiger partial charge on any atom is 0.251 e. The van der Waals surface area contributed by atoms with Crippen LogP contribution in [0.3, 0.4) is 0 Å². The Balaban J connectivity index is 1.68. The van der Waals surface area contributed by atoms with Gasteiger partial charge >= 0.3 is 0 Å². The van der Waals surface area contributed by atoms with E-state index in [1.165, 1.54) is 12.8 Å². The van der Waals surface area contributed by atoms with E-state index in [-0.39, 0.29) is 18.1 Å². The number of nitriles is 1. The van der Waals surface area contributed by atoms with Crippen molar-refractivity contribution in [3.05, 3.63) is 35.4 Å². The number of rotatable bonds is 3. The molecule has 0 spiro atoms. The summed E-state index contributed by atoms with van der Waals surface area (Å²) in [4.78, 5) is 12.2. The van der Waals surface area contributed by atoms with Gasteiger partial charge in [0.2, 0.25) is 0 Å². The number of benzene rings is 1. The first-order chi connectivity index (χ1) is 9.28. The van der Waals surface area contributed by atoms with Crippen LogP contribution in [0.1, 0.15) is 35.2 Å². The number of hydrogen-bond donors (Lipinski definition) is 1. The first-order valence-electron chi connectivity index (χ1n) is 6.70. The Morgan fingerprint density at radius 2 is 2.21 bits per heavy atom. The summed E-state index contributed by atoms with van der Waals surface area (Å²) in [5.41, 5.74) is 1.05. The minimum atomic E-state index is -0.113. The van der Waals surface area contributed by atoms with Gasteiger partial charge in [0, 0.05) is 12.2 Å². The Bertz CT molecular complexity index is 531. The van der Waals surface area contributed by atoms with Crippen molar-refractivity contribution in [1.82, 2.24) is 5.32 Å². The predicted molar refractivity (Wildman–Crippen MR) is 69.5 cm³/mol. The zero-order valence-corrected chi connectivity index (χ0v) is 10.6. The molecular formula is C15H16N2O2. The second-order valence-electron chi connectivity index (χ2n) is 5.23. The number of nitrogens with zero attached hydrogens (tertiary/aromatic N) is 1. The molecule has 0 radical (unpaired) electrons. The second-order valence-corrected chi connectivity index (χ2v) is 5.23. The van der Waals surface area contributed by atoms with E-state index < -0.39 is 0 Å². The van der Waals surface area contributed by atoms with E-state index in [2.05, 4.69) is 5.32 Å². The molecule has 2 fully saturated rings. The lowest BCUT2D eigenvalue weighted by molar-refractivity contribution is 0.0729. The minimum Gasteiger partial charge on any atom is -0.376 e. The van der Waals surface area contributed by atoms with E-state index >= 15 is 0 Å². The molecule has 4 heteroatoms. The number of ether oxygens (including phenoxy) is 1. The van der Waals surface area contributed by atoms with Crippen LogP contribution in [0.25, 0.3) is 0 Å². The largest absolute Gasteiger partial charge is 0.376 e. The minimum absolute atomic E-state index is 0.113. The van der Waals surface area contributed by atoms with Crippen LogP contribution in [0.5, 0.6) is 0 Å². The van der Waals surface area contributed by atoms with Crippen LogP contribution in [0.4, 0.5) is 0 Å². The number of carbonyl (C=O) groups excluding carboxylic acids is 1. The van der Waals surface area contributed by atoms with Crippen LogP contribution in [0, 0.1) is 17.2 Å². The van der Waals surface area contributed by atoms with E-state index in [9.17, 15) is 4.79 Å². The molecule has 1 aromatic carbocycles. The normalized spacial score (nSPS) is 25.8. The molecule has 1 N–H and O–H groups in total. The summed E-state index contributed by atoms with van der Waals surface area (Å²) in [6, 6.07) is 8.95. The van der Waals surface area contributed by atoms with Crippen molar-refractivity contribution in [3.63, 3.8) is 0 Å². The lowest BCUT2D eigenvalue weighted by Crippen LogP contribution is -2.41. The van der Waals surface area contributed by atoms with Gasteiger partial charge in [-0.05, 0) is 43.4 Å². The monoisotopic (exact) mass is 256 g/mol. The molecule has 98 valence electrons. The van der Waals surface area contributed by atoms with Gasteiger partial charge in [-0.25, -0.2) is 0 Å². The van der Waals surface area contributed by atoms with Crippen molar-refractivity contribution >= 4 is 5.91 Å². The SMILES string of the molecule is N#Cc1cccc(C(=O)NC2CCOC2C2CC2)c1. The standard InChI is InChI=1S/C15H16N2O2/c16-9-10-2-1-3-12(8-10)15(18)17-13-6-7-19-14(13)11-4-5-11/h1-3,8,11,13-14H,4-7H2,(H,17,18). The Labute approximate surface area is 112 Å². The summed E-state index contributed by atoms with van der Waals surface area (Å²) in [7, 11) is 0. The zero-order valence-electron chi connectivity index (χ0n) is 10.6. The van der Waals surface area contributed by atoms with Crippen LogP contribution < -0.4 is 5.32 Å². The third-order valence-corrected chi connectivity index (χ3v) is 3.79. The van der Waals surface area contributed by atoms with E-state index in [4.69, 9.17) is 10.00 Å². The van der Waals surface area contributed by atoms with Crippen LogP contribution >= 0.6 is 0 Å². The first-order valence-corrected chi connectivity index (χ1v) is 6.70. The lowest BCUT2D eigenvalue weighted by Gasteiger charge is -2.19. The summed E-state index contributed by atoms with van der Waals surface area (Å²) in [5.74, 6) is 0.511. The summed E-state index contributed by atoms with van der Waals surface area (Å²) in [6.45, 7) is 0.727. The van der Waals surface area contributed by atoms with Crippen molar-refractivity contribution in [2.75, 3.05) is 6.61 Å². The third-order valence-electron chi connectivity index (χ3n) is 3.79. The average molecular weight is 256 g/mol. The zero-order chi connectivity index (χ0) is 13.2. The van der Waals surface area contributed by atoms with Gasteiger partial charge in [0.05, 0.1) is 23.8 Å². The molecule has 1 amide bonds. The molecular weight excluding hydrogens is 240 g/mol. The van der Waals surface area contributed by atoms with Crippen molar-refractivity contribution in [2.24, 2.45) is 5.92 Å². The Morgan fingerprint density at radius 1 is 1.37 bits per heavy atom. The van der Waals surface area contributed by atoms with Crippen molar-refractivity contribution in [2.45, 2.75) is 31.4 Å². The highest BCUT2D eigenvalue weighted by atomic mass is 16.5. The maximum atomic E-state index is 12.2. The Hall–Kier alpha value is -1.86. The van der Waals surface area contributed by atoms with E-state index in [0.29, 0.717) is 17.0 Å². The van der Waals surface area contributed by atoms with Crippen LogP contribution in [0.15, 0.2) is 24.3 Å². The molecule has 1 saturated carbocycles. The van der Waals surface area contributed by atoms with Gasteiger partial charge in [-0.3, -0.25) is 4.79 Å². The summed E-state index contributed by atoms with van der Waals surface area (Å²) >= 11 is 0. The highest BCUT2D eigenvalue weighted by Gasteiger charge is 2.41. The first kappa shape index (κ1) is 12.2. The fraction of sp³-hybridized carbons (Fsp3) is 0.467. The molecule has 2 atom stereocenters. The molecule has 1 heterocycles. The fourth-order valence-electron chi connectivity index (χ4n) is 2.64. The number of hydrogen-bond acceptors (Lipinski definition) is 3. The predicted octanol–water partition coefficient (Wildman–Crippen LogP) is 1.86. The second kappa shape index (κ2) is 5.02. The molecule has 0 bridgehead atoms. The summed E-state index contributed by atoms with van der Waals surface area (Å²) < 4.78 is 5.70. The van der Waals surface area contributed by atoms with Gasteiger partial charge < -0.3 is 10.1 Å². The highest BCUT2D eigenvalue weighted by molar-refractivity contribution is 5.94. The molecule has 1 saturated heterocycles. The number of carbonyl (C=O) groups is 1. The smallest absolute Gasteiger partial charge is 0.251 e. The molecule has 1 aliphatic carbocycles. The van der Waals surface area contributed by atoms with Crippen molar-refractivity contribution < 1.29 is 9.53 Å². The topological polar surface area (TPSA) is 62.1 Å². The molecule has 4 nitrogen and oxygen atoms in total. The van der Waals surface area contributed by atoms with Crippen molar-refractivity contribution in [3.8, 4) is 6.07 Å². The van der Waals surface area contributed by atoms with Gasteiger partial charge in [-0.15, -0.1) is 0 Å². The summed E-state index contributed by atoms with van der Waals surface area (Å²) in [5, 5.41) is 11.9. The molecule has 3 rings (SSSR count). The molecule has 2 aliphatic rings. The van der Waals surface area contributed by atoms with Crippen LogP contribution in [-0.2, 0) is 4.74 Å². The van der Waals surface area contributed by atoms with Gasteiger partial charge in [0.15, 0.2) is 0 Å². The van der Waals surface area contributed by atoms with E-state index in [1.807, 2.05) is 6.07 Å². The third kappa shape index (κ3) is 2.61. The van der Waals surface area contributed by atoms with Crippen LogP contribution in [0.2, 0.25) is 0 Å². The Morgan fingerprint density at radius 3 is 2.95 bits per heavy atom. The van der Waals surface area contributed by atoms with Gasteiger partial charge in [-0.2, -0.15) is 5.26 Å². The highest BCUT2D eigenvalue weighted by Crippen LogP contribution is 2.38. The number of nitrogens with one attached hydrogen (secondary N) is 1. The van der Waals surface area contributed by atoms with Crippen LogP contribution in [-0.4, -0.2) is 24.7 Å². The fourth-order valence-corrected chi connectivity index (χ4v) is 2.64. The summed E-state index contributed by atoms with van der Waals surface area (Å²) in [6.07, 6.45) is 3.48. The quantitative estimate of drug-likeness (QED) is 0.897. The number of amides is 1. The molecule has 0 aromatic heterocycles. The van der Waals surface area contributed by atoms with E-state index in [0.717, 1.165) is 13.0 Å². The lowest BCUT2D eigenvalue weighted by atomic mass is 10.1. The molecule has 2 unspecified atom stereocenters. The molecule has 1 aliphatic heterocycles. The Kier molecular flexibility index (Phi) is 3.22. The van der Waals surface area contributed by atoms with Gasteiger partial charge in [0.1, 0.15) is 0 Å². The van der Waals surface area contributed by atoms with Gasteiger partial charge in [0.25, 0.3) is 5.91 Å². The molecule has 1 aromatic rings. The maximum absolute atomic E-state index is 12.2. The average Bonchev–Trinajstić information content (AvgIpc) is 3.19. The molecule has 19 heavy (non-hydrogen) atoms. The van der Waals surface area contributed by atoms with Crippen molar-refractivity contribution in [1.29, 1.82) is 5.26 Å². The van der Waals surface area contributed by atoms with Gasteiger partial charge in [-0.1, -0.05) is 6.07 Å².